The Balaban J connectivity index is 1.12. The summed E-state index contributed by atoms with van der Waals surface area (Å²) in [4.78, 5) is 10.6. The van der Waals surface area contributed by atoms with Crippen LogP contribution in [0.5, 0.6) is 0 Å². The zero-order chi connectivity index (χ0) is 34.6. The lowest BCUT2D eigenvalue weighted by Gasteiger charge is -2.10. The molecule has 8 aromatic carbocycles. The Kier molecular flexibility index (Phi) is 5.71. The van der Waals surface area contributed by atoms with Crippen LogP contribution in [-0.2, 0) is 0 Å². The standard InChI is InChI=1S/C48H27N3O2/c1-2-12-29-25-30(22-21-28(29)11-1)44-47-45(37-17-7-10-20-42(37)52-47)50-48(49-44)39-27-38-35-24-23-31(26-43(35)53-46(38)36-16-4-3-13-32(36)39)51-40-18-8-5-14-33(40)34-15-6-9-19-41(34)51/h1-27H. The molecule has 0 bridgehead atoms. The largest absolute Gasteiger partial charge is 0.455 e. The van der Waals surface area contributed by atoms with Crippen LogP contribution in [0, 0.1) is 0 Å². The second-order valence-electron chi connectivity index (χ2n) is 13.7. The van der Waals surface area contributed by atoms with Crippen LogP contribution in [0.3, 0.4) is 0 Å². The molecular weight excluding hydrogens is 651 g/mol. The SMILES string of the molecule is c1ccc2cc(-c3nc(-c4cc5c6ccc(-n7c8ccccc8c8ccccc87)cc6oc5c5ccccc45)nc4c3oc3ccccc34)ccc2c1. The number of hydrogen-bond acceptors (Lipinski definition) is 4. The smallest absolute Gasteiger partial charge is 0.180 e. The summed E-state index contributed by atoms with van der Waals surface area (Å²) >= 11 is 0. The van der Waals surface area contributed by atoms with E-state index in [0.29, 0.717) is 11.4 Å². The maximum absolute atomic E-state index is 6.80. The monoisotopic (exact) mass is 677 g/mol. The lowest BCUT2D eigenvalue weighted by atomic mass is 9.99. The zero-order valence-corrected chi connectivity index (χ0v) is 28.2. The number of para-hydroxylation sites is 3. The van der Waals surface area contributed by atoms with E-state index in [2.05, 4.69) is 150 Å². The van der Waals surface area contributed by atoms with Gasteiger partial charge in [-0.3, -0.25) is 0 Å². The molecule has 4 aromatic heterocycles. The van der Waals surface area contributed by atoms with E-state index in [4.69, 9.17) is 18.8 Å². The Morgan fingerprint density at radius 3 is 1.89 bits per heavy atom. The van der Waals surface area contributed by atoms with Crippen molar-refractivity contribution in [3.05, 3.63) is 164 Å². The van der Waals surface area contributed by atoms with Gasteiger partial charge in [0.15, 0.2) is 11.4 Å². The number of furan rings is 2. The quantitative estimate of drug-likeness (QED) is 0.187. The van der Waals surface area contributed by atoms with Crippen LogP contribution in [0.4, 0.5) is 0 Å². The third-order valence-electron chi connectivity index (χ3n) is 10.8. The molecule has 0 atom stereocenters. The lowest BCUT2D eigenvalue weighted by Crippen LogP contribution is -1.95. The number of fused-ring (bicyclic) bond motifs is 12. The summed E-state index contributed by atoms with van der Waals surface area (Å²) < 4.78 is 15.6. The highest BCUT2D eigenvalue weighted by molar-refractivity contribution is 6.19. The highest BCUT2D eigenvalue weighted by atomic mass is 16.3. The van der Waals surface area contributed by atoms with Gasteiger partial charge in [-0.25, -0.2) is 9.97 Å². The first kappa shape index (κ1) is 28.5. The van der Waals surface area contributed by atoms with Gasteiger partial charge in [-0.2, -0.15) is 0 Å². The summed E-state index contributed by atoms with van der Waals surface area (Å²) in [5, 5.41) is 9.85. The van der Waals surface area contributed by atoms with Crippen molar-refractivity contribution in [2.75, 3.05) is 0 Å². The van der Waals surface area contributed by atoms with Crippen LogP contribution in [-0.4, -0.2) is 14.5 Å². The van der Waals surface area contributed by atoms with Gasteiger partial charge in [0.1, 0.15) is 28.0 Å². The maximum Gasteiger partial charge on any atom is 0.180 e. The number of benzene rings is 8. The zero-order valence-electron chi connectivity index (χ0n) is 28.2. The molecule has 0 aliphatic rings. The van der Waals surface area contributed by atoms with Crippen LogP contribution in [0.2, 0.25) is 0 Å². The average molecular weight is 678 g/mol. The fraction of sp³-hybridized carbons (Fsp3) is 0. The molecule has 0 saturated carbocycles. The minimum Gasteiger partial charge on any atom is -0.455 e. The Hall–Kier alpha value is -7.24. The fourth-order valence-corrected chi connectivity index (χ4v) is 8.36. The van der Waals surface area contributed by atoms with Crippen LogP contribution in [0.15, 0.2) is 173 Å². The van der Waals surface area contributed by atoms with Crippen molar-refractivity contribution in [1.82, 2.24) is 14.5 Å². The molecule has 0 radical (unpaired) electrons. The third-order valence-corrected chi connectivity index (χ3v) is 10.8. The van der Waals surface area contributed by atoms with Gasteiger partial charge in [-0.05, 0) is 64.7 Å². The lowest BCUT2D eigenvalue weighted by molar-refractivity contribution is 0.667. The number of rotatable bonds is 3. The van der Waals surface area contributed by atoms with E-state index in [1.54, 1.807) is 0 Å². The predicted octanol–water partition coefficient (Wildman–Crippen LogP) is 13.0. The first-order valence-electron chi connectivity index (χ1n) is 17.8. The van der Waals surface area contributed by atoms with Crippen LogP contribution in [0.1, 0.15) is 0 Å². The summed E-state index contributed by atoms with van der Waals surface area (Å²) in [7, 11) is 0. The molecule has 5 heteroatoms. The Labute approximate surface area is 302 Å². The topological polar surface area (TPSA) is 57.0 Å². The molecule has 5 nitrogen and oxygen atoms in total. The van der Waals surface area contributed by atoms with Gasteiger partial charge in [0.25, 0.3) is 0 Å². The van der Waals surface area contributed by atoms with Crippen LogP contribution in [0.25, 0.3) is 116 Å². The maximum atomic E-state index is 6.80. The van der Waals surface area contributed by atoms with Gasteiger partial charge in [0.05, 0.1) is 11.0 Å². The minimum absolute atomic E-state index is 0.640. The van der Waals surface area contributed by atoms with E-state index in [9.17, 15) is 0 Å². The van der Waals surface area contributed by atoms with Crippen molar-refractivity contribution in [3.8, 4) is 28.3 Å². The normalized spacial score (nSPS) is 12.2. The van der Waals surface area contributed by atoms with Crippen molar-refractivity contribution < 1.29 is 8.83 Å². The second-order valence-corrected chi connectivity index (χ2v) is 13.7. The second kappa shape index (κ2) is 10.6. The summed E-state index contributed by atoms with van der Waals surface area (Å²) in [6.45, 7) is 0. The number of hydrogen-bond donors (Lipinski definition) is 0. The van der Waals surface area contributed by atoms with Crippen molar-refractivity contribution in [1.29, 1.82) is 0 Å². The minimum atomic E-state index is 0.640. The van der Waals surface area contributed by atoms with Crippen molar-refractivity contribution >= 4 is 87.4 Å². The molecule has 4 heterocycles. The molecule has 0 fully saturated rings. The van der Waals surface area contributed by atoms with Gasteiger partial charge in [-0.1, -0.05) is 109 Å². The molecule has 0 saturated heterocycles. The molecule has 0 N–H and O–H groups in total. The number of aromatic nitrogens is 3. The molecule has 12 rings (SSSR count). The highest BCUT2D eigenvalue weighted by Crippen LogP contribution is 2.42. The highest BCUT2D eigenvalue weighted by Gasteiger charge is 2.22. The van der Waals surface area contributed by atoms with E-state index in [0.717, 1.165) is 77.1 Å². The number of nitrogens with zero attached hydrogens (tertiary/aromatic N) is 3. The van der Waals surface area contributed by atoms with Crippen LogP contribution < -0.4 is 0 Å². The van der Waals surface area contributed by atoms with E-state index in [1.165, 1.54) is 27.2 Å². The third kappa shape index (κ3) is 4.07. The summed E-state index contributed by atoms with van der Waals surface area (Å²) in [5.74, 6) is 0.640. The average Bonchev–Trinajstić information content (AvgIpc) is 3.89. The van der Waals surface area contributed by atoms with Crippen LogP contribution >= 0.6 is 0 Å². The van der Waals surface area contributed by atoms with Gasteiger partial charge < -0.3 is 13.4 Å². The van der Waals surface area contributed by atoms with E-state index >= 15 is 0 Å². The van der Waals surface area contributed by atoms with Gasteiger partial charge in [0.2, 0.25) is 0 Å². The predicted molar refractivity (Wildman–Crippen MR) is 217 cm³/mol. The summed E-state index contributed by atoms with van der Waals surface area (Å²) in [6, 6.07) is 57.3. The van der Waals surface area contributed by atoms with Gasteiger partial charge in [0, 0.05) is 55.2 Å². The summed E-state index contributed by atoms with van der Waals surface area (Å²) in [5.41, 5.74) is 10.0. The Morgan fingerprint density at radius 2 is 1.08 bits per heavy atom. The molecule has 0 unspecified atom stereocenters. The van der Waals surface area contributed by atoms with E-state index in [-0.39, 0.29) is 0 Å². The first-order valence-corrected chi connectivity index (χ1v) is 17.8. The Morgan fingerprint density at radius 1 is 0.415 bits per heavy atom. The molecule has 0 spiro atoms. The molecule has 0 aliphatic heterocycles. The Bertz CT molecular complexity index is 3420. The van der Waals surface area contributed by atoms with Crippen molar-refractivity contribution in [2.45, 2.75) is 0 Å². The van der Waals surface area contributed by atoms with Gasteiger partial charge >= 0.3 is 0 Å². The summed E-state index contributed by atoms with van der Waals surface area (Å²) in [6.07, 6.45) is 0. The molecule has 0 aliphatic carbocycles. The van der Waals surface area contributed by atoms with Crippen molar-refractivity contribution in [2.24, 2.45) is 0 Å². The first-order chi connectivity index (χ1) is 26.3. The molecule has 12 aromatic rings. The van der Waals surface area contributed by atoms with Crippen molar-refractivity contribution in [3.63, 3.8) is 0 Å². The van der Waals surface area contributed by atoms with E-state index < -0.39 is 0 Å². The molecular formula is C48H27N3O2. The molecule has 246 valence electrons. The fourth-order valence-electron chi connectivity index (χ4n) is 8.36. The van der Waals surface area contributed by atoms with Gasteiger partial charge in [-0.15, -0.1) is 0 Å². The molecule has 0 amide bonds. The van der Waals surface area contributed by atoms with E-state index in [1.807, 2.05) is 18.2 Å². The molecule has 53 heavy (non-hydrogen) atoms.